The molecule has 5 rings (SSSR count). The monoisotopic (exact) mass is 639 g/mol. The number of aliphatic hydroxyl groups is 1. The summed E-state index contributed by atoms with van der Waals surface area (Å²) in [5.41, 5.74) is 1.19. The van der Waals surface area contributed by atoms with Gasteiger partial charge >= 0.3 is 5.91 Å². The number of amides is 1. The molecule has 1 aliphatic heterocycles. The van der Waals surface area contributed by atoms with Crippen molar-refractivity contribution >= 4 is 92.1 Å². The van der Waals surface area contributed by atoms with Gasteiger partial charge in [-0.1, -0.05) is 81.6 Å². The van der Waals surface area contributed by atoms with Gasteiger partial charge in [0.15, 0.2) is 4.34 Å². The topological polar surface area (TPSA) is 83.4 Å². The third-order valence-corrected chi connectivity index (χ3v) is 9.22. The maximum absolute atomic E-state index is 13.5. The van der Waals surface area contributed by atoms with Gasteiger partial charge in [-0.3, -0.25) is 14.5 Å². The maximum atomic E-state index is 13.5. The molecule has 1 aromatic heterocycles. The van der Waals surface area contributed by atoms with Crippen LogP contribution in [-0.2, 0) is 15.3 Å². The van der Waals surface area contributed by atoms with Crippen LogP contribution in [0.15, 0.2) is 70.6 Å². The number of aromatic nitrogens is 2. The largest absolute Gasteiger partial charge is 0.507 e. The summed E-state index contributed by atoms with van der Waals surface area (Å²) in [6.45, 7) is 0. The number of rotatable bonds is 6. The fourth-order valence-electron chi connectivity index (χ4n) is 3.93. The highest BCUT2D eigenvalue weighted by Crippen LogP contribution is 2.45. The number of halogens is 5. The first-order valence-corrected chi connectivity index (χ1v) is 14.4. The van der Waals surface area contributed by atoms with Gasteiger partial charge in [-0.25, -0.2) is 4.39 Å². The number of aliphatic hydroxyl groups excluding tert-OH is 1. The first-order chi connectivity index (χ1) is 18.6. The predicted octanol–water partition coefficient (Wildman–Crippen LogP) is 8.21. The van der Waals surface area contributed by atoms with Crippen molar-refractivity contribution in [2.75, 3.05) is 4.90 Å². The summed E-state index contributed by atoms with van der Waals surface area (Å²) in [6.07, 6.45) is 0. The lowest BCUT2D eigenvalue weighted by molar-refractivity contribution is -0.132. The van der Waals surface area contributed by atoms with E-state index < -0.39 is 29.3 Å². The van der Waals surface area contributed by atoms with Crippen LogP contribution in [-0.4, -0.2) is 27.0 Å². The number of carbonyl (C=O) groups excluding carboxylic acids is 2. The minimum absolute atomic E-state index is 0.135. The lowest BCUT2D eigenvalue weighted by atomic mass is 9.95. The number of benzene rings is 3. The normalized spacial score (nSPS) is 16.7. The highest BCUT2D eigenvalue weighted by molar-refractivity contribution is 8.00. The molecule has 0 aliphatic carbocycles. The molecule has 1 atom stereocenters. The summed E-state index contributed by atoms with van der Waals surface area (Å²) >= 11 is 27.0. The van der Waals surface area contributed by atoms with Crippen LogP contribution in [0.25, 0.3) is 5.76 Å². The van der Waals surface area contributed by atoms with Gasteiger partial charge in [-0.15, -0.1) is 10.2 Å². The van der Waals surface area contributed by atoms with Crippen molar-refractivity contribution in [1.29, 1.82) is 0 Å². The van der Waals surface area contributed by atoms with Crippen LogP contribution in [0.3, 0.4) is 0 Å². The van der Waals surface area contributed by atoms with Gasteiger partial charge in [0.1, 0.15) is 11.6 Å². The van der Waals surface area contributed by atoms with E-state index in [-0.39, 0.29) is 26.3 Å². The number of Topliss-reactive ketones (excluding diaryl/α,β-unsaturated/α-hetero) is 1. The fraction of sp³-hybridized carbons (Fsp3) is 0.0769. The molecule has 0 bridgehead atoms. The molecule has 0 radical (unpaired) electrons. The maximum Gasteiger partial charge on any atom is 0.301 e. The first kappa shape index (κ1) is 27.9. The van der Waals surface area contributed by atoms with Gasteiger partial charge in [0.2, 0.25) is 5.13 Å². The van der Waals surface area contributed by atoms with E-state index in [0.717, 1.165) is 33.9 Å². The Kier molecular flexibility index (Phi) is 8.19. The number of hydrogen-bond acceptors (Lipinski definition) is 7. The summed E-state index contributed by atoms with van der Waals surface area (Å²) in [5, 5.41) is 21.1. The van der Waals surface area contributed by atoms with E-state index in [1.807, 2.05) is 0 Å². The Labute approximate surface area is 250 Å². The van der Waals surface area contributed by atoms with Crippen LogP contribution in [0.1, 0.15) is 22.7 Å². The summed E-state index contributed by atoms with van der Waals surface area (Å²) in [5.74, 6) is -2.38. The Morgan fingerprint density at radius 1 is 0.949 bits per heavy atom. The Bertz CT molecular complexity index is 1650. The van der Waals surface area contributed by atoms with Crippen molar-refractivity contribution in [2.45, 2.75) is 16.1 Å². The van der Waals surface area contributed by atoms with Crippen LogP contribution < -0.4 is 4.90 Å². The standard InChI is InChI=1S/C26H14Cl4FN3O3S2/c27-15-5-1-14(18(29)10-15)11-38-26-33-32-25(39-26)34-21(13-4-8-17(28)19(30)9-13)20(23(36)24(34)37)22(35)12-2-6-16(31)7-3-12/h1-10,21,35H,11H2/b22-20-. The quantitative estimate of drug-likeness (QED) is 0.0752. The number of carbonyl (C=O) groups is 2. The van der Waals surface area contributed by atoms with Crippen molar-refractivity contribution < 1.29 is 19.1 Å². The fourth-order valence-corrected chi connectivity index (χ4v) is 6.66. The Hall–Kier alpha value is -2.66. The molecular weight excluding hydrogens is 627 g/mol. The van der Waals surface area contributed by atoms with Gasteiger partial charge in [-0.2, -0.15) is 0 Å². The zero-order valence-corrected chi connectivity index (χ0v) is 24.0. The molecule has 1 aliphatic rings. The summed E-state index contributed by atoms with van der Waals surface area (Å²) in [4.78, 5) is 27.8. The molecule has 1 unspecified atom stereocenters. The Balaban J connectivity index is 1.55. The minimum atomic E-state index is -1.10. The van der Waals surface area contributed by atoms with Crippen molar-refractivity contribution in [3.05, 3.63) is 109 Å². The van der Waals surface area contributed by atoms with Crippen molar-refractivity contribution in [3.8, 4) is 0 Å². The molecule has 1 saturated heterocycles. The minimum Gasteiger partial charge on any atom is -0.507 e. The average Bonchev–Trinajstić information content (AvgIpc) is 3.47. The van der Waals surface area contributed by atoms with E-state index in [0.29, 0.717) is 25.7 Å². The van der Waals surface area contributed by atoms with Gasteiger partial charge in [0, 0.05) is 21.4 Å². The molecule has 1 amide bonds. The third kappa shape index (κ3) is 5.66. The lowest BCUT2D eigenvalue weighted by Gasteiger charge is -2.22. The Morgan fingerprint density at radius 2 is 1.69 bits per heavy atom. The molecule has 198 valence electrons. The van der Waals surface area contributed by atoms with Crippen molar-refractivity contribution in [2.24, 2.45) is 0 Å². The third-order valence-electron chi connectivity index (χ3n) is 5.79. The molecule has 4 aromatic rings. The number of anilines is 1. The van der Waals surface area contributed by atoms with Crippen LogP contribution in [0.2, 0.25) is 20.1 Å². The molecule has 13 heteroatoms. The van der Waals surface area contributed by atoms with E-state index in [1.165, 1.54) is 36.0 Å². The summed E-state index contributed by atoms with van der Waals surface area (Å²) < 4.78 is 14.0. The van der Waals surface area contributed by atoms with Crippen LogP contribution >= 0.6 is 69.5 Å². The molecule has 0 saturated carbocycles. The second kappa shape index (κ2) is 11.4. The predicted molar refractivity (Wildman–Crippen MR) is 154 cm³/mol. The highest BCUT2D eigenvalue weighted by Gasteiger charge is 2.48. The molecule has 2 heterocycles. The van der Waals surface area contributed by atoms with E-state index in [9.17, 15) is 19.1 Å². The zero-order chi connectivity index (χ0) is 27.8. The molecule has 6 nitrogen and oxygen atoms in total. The summed E-state index contributed by atoms with van der Waals surface area (Å²) in [6, 6.07) is 13.6. The lowest BCUT2D eigenvalue weighted by Crippen LogP contribution is -2.29. The SMILES string of the molecule is O=C1C(=O)N(c2nnc(SCc3ccc(Cl)cc3Cl)s2)C(c2ccc(Cl)c(Cl)c2)/C1=C(/O)c1ccc(F)cc1. The average molecular weight is 641 g/mol. The highest BCUT2D eigenvalue weighted by atomic mass is 35.5. The first-order valence-electron chi connectivity index (χ1n) is 11.1. The zero-order valence-electron chi connectivity index (χ0n) is 19.4. The molecule has 0 spiro atoms. The summed E-state index contributed by atoms with van der Waals surface area (Å²) in [7, 11) is 0. The molecule has 1 N–H and O–H groups in total. The number of hydrogen-bond donors (Lipinski definition) is 1. The molecular formula is C26H14Cl4FN3O3S2. The Morgan fingerprint density at radius 3 is 2.38 bits per heavy atom. The van der Waals surface area contributed by atoms with Gasteiger partial charge < -0.3 is 5.11 Å². The van der Waals surface area contributed by atoms with Gasteiger partial charge in [-0.05, 0) is 59.7 Å². The van der Waals surface area contributed by atoms with E-state index in [2.05, 4.69) is 10.2 Å². The van der Waals surface area contributed by atoms with Gasteiger partial charge in [0.05, 0.1) is 21.7 Å². The molecule has 3 aromatic carbocycles. The number of ketones is 1. The van der Waals surface area contributed by atoms with E-state index in [4.69, 9.17) is 46.4 Å². The second-order valence-electron chi connectivity index (χ2n) is 8.22. The van der Waals surface area contributed by atoms with Crippen LogP contribution in [0.4, 0.5) is 9.52 Å². The van der Waals surface area contributed by atoms with E-state index >= 15 is 0 Å². The smallest absolute Gasteiger partial charge is 0.301 e. The number of thioether (sulfide) groups is 1. The van der Waals surface area contributed by atoms with E-state index in [1.54, 1.807) is 24.3 Å². The van der Waals surface area contributed by atoms with Gasteiger partial charge in [0.25, 0.3) is 5.78 Å². The van der Waals surface area contributed by atoms with Crippen LogP contribution in [0.5, 0.6) is 0 Å². The second-order valence-corrected chi connectivity index (χ2v) is 12.1. The van der Waals surface area contributed by atoms with Crippen molar-refractivity contribution in [3.63, 3.8) is 0 Å². The van der Waals surface area contributed by atoms with Crippen LogP contribution in [0, 0.1) is 5.82 Å². The molecule has 39 heavy (non-hydrogen) atoms. The molecule has 1 fully saturated rings. The van der Waals surface area contributed by atoms with Crippen molar-refractivity contribution in [1.82, 2.24) is 10.2 Å². The number of nitrogens with zero attached hydrogens (tertiary/aromatic N) is 3.